The van der Waals surface area contributed by atoms with Gasteiger partial charge in [-0.05, 0) is 79.0 Å². The molecule has 1 unspecified atom stereocenters. The number of piperazine rings is 1. The van der Waals surface area contributed by atoms with Gasteiger partial charge in [-0.1, -0.05) is 26.8 Å². The van der Waals surface area contributed by atoms with Crippen LogP contribution in [0.2, 0.25) is 0 Å². The van der Waals surface area contributed by atoms with Crippen LogP contribution in [0, 0.1) is 19.3 Å². The van der Waals surface area contributed by atoms with Crippen molar-refractivity contribution in [2.75, 3.05) is 37.6 Å². The lowest BCUT2D eigenvalue weighted by Gasteiger charge is -2.35. The first-order valence-corrected chi connectivity index (χ1v) is 12.9. The van der Waals surface area contributed by atoms with E-state index in [2.05, 4.69) is 78.2 Å². The minimum Gasteiger partial charge on any atom is -0.388 e. The van der Waals surface area contributed by atoms with E-state index in [4.69, 9.17) is 0 Å². The lowest BCUT2D eigenvalue weighted by Crippen LogP contribution is -2.47. The van der Waals surface area contributed by atoms with Crippen LogP contribution >= 0.6 is 0 Å². The van der Waals surface area contributed by atoms with Crippen LogP contribution in [0.1, 0.15) is 61.2 Å². The topological polar surface area (TPSA) is 44.5 Å². The highest BCUT2D eigenvalue weighted by atomic mass is 16.3. The molecule has 1 aromatic carbocycles. The van der Waals surface area contributed by atoms with Crippen LogP contribution in [-0.2, 0) is 19.4 Å². The van der Waals surface area contributed by atoms with E-state index in [0.29, 0.717) is 0 Å². The number of aliphatic hydroxyl groups excluding tert-OH is 1. The SMILES string of the molecule is Cc1ccnc(N2CCN(CCc3c(C)n4c5c(cc(C(O)C(C)(C)C)cc35)CCC4)CC2)c1. The molecule has 0 spiro atoms. The number of pyridine rings is 1. The number of aromatic nitrogens is 2. The van der Waals surface area contributed by atoms with E-state index in [1.807, 2.05) is 6.20 Å². The molecule has 1 atom stereocenters. The van der Waals surface area contributed by atoms with Crippen molar-refractivity contribution in [3.8, 4) is 0 Å². The van der Waals surface area contributed by atoms with E-state index in [0.717, 1.165) is 63.5 Å². The molecular formula is C29H40N4O. The van der Waals surface area contributed by atoms with Gasteiger partial charge in [-0.25, -0.2) is 4.98 Å². The van der Waals surface area contributed by atoms with Crippen molar-refractivity contribution < 1.29 is 5.11 Å². The molecule has 0 saturated carbocycles. The molecule has 0 bridgehead atoms. The standard InChI is InChI=1S/C29H40N4O/c1-20-8-10-30-26(17-20)32-15-13-31(14-16-32)12-9-24-21(2)33-11-6-7-22-18-23(19-25(24)27(22)33)28(34)29(3,4)5/h8,10,17-19,28,34H,6-7,9,11-16H2,1-5H3. The van der Waals surface area contributed by atoms with E-state index < -0.39 is 6.10 Å². The monoisotopic (exact) mass is 460 g/mol. The van der Waals surface area contributed by atoms with Crippen molar-refractivity contribution in [1.29, 1.82) is 0 Å². The normalized spacial score (nSPS) is 18.0. The fraction of sp³-hybridized carbons (Fsp3) is 0.552. The molecule has 34 heavy (non-hydrogen) atoms. The van der Waals surface area contributed by atoms with Gasteiger partial charge in [0.1, 0.15) is 5.82 Å². The summed E-state index contributed by atoms with van der Waals surface area (Å²) in [7, 11) is 0. The number of hydrogen-bond donors (Lipinski definition) is 1. The summed E-state index contributed by atoms with van der Waals surface area (Å²) in [4.78, 5) is 9.59. The molecule has 0 radical (unpaired) electrons. The Kier molecular flexibility index (Phi) is 6.19. The second-order valence-electron chi connectivity index (χ2n) is 11.4. The van der Waals surface area contributed by atoms with Crippen LogP contribution in [0.4, 0.5) is 5.82 Å². The van der Waals surface area contributed by atoms with Crippen LogP contribution in [0.3, 0.4) is 0 Å². The first-order chi connectivity index (χ1) is 16.2. The average molecular weight is 461 g/mol. The van der Waals surface area contributed by atoms with Gasteiger partial charge in [-0.15, -0.1) is 0 Å². The van der Waals surface area contributed by atoms with E-state index >= 15 is 0 Å². The Bertz CT molecular complexity index is 1180. The summed E-state index contributed by atoms with van der Waals surface area (Å²) in [6.07, 6.45) is 4.82. The van der Waals surface area contributed by atoms with Gasteiger partial charge in [-0.2, -0.15) is 0 Å². The highest BCUT2D eigenvalue weighted by Crippen LogP contribution is 2.39. The molecule has 3 aromatic rings. The highest BCUT2D eigenvalue weighted by molar-refractivity contribution is 5.89. The van der Waals surface area contributed by atoms with E-state index in [1.165, 1.54) is 39.7 Å². The summed E-state index contributed by atoms with van der Waals surface area (Å²) >= 11 is 0. The third-order valence-electron chi connectivity index (χ3n) is 7.89. The predicted octanol–water partition coefficient (Wildman–Crippen LogP) is 5.04. The zero-order chi connectivity index (χ0) is 24.0. The second kappa shape index (κ2) is 9.01. The van der Waals surface area contributed by atoms with Gasteiger partial charge >= 0.3 is 0 Å². The van der Waals surface area contributed by atoms with E-state index in [-0.39, 0.29) is 5.41 Å². The molecule has 2 aliphatic rings. The summed E-state index contributed by atoms with van der Waals surface area (Å²) in [5, 5.41) is 12.4. The van der Waals surface area contributed by atoms with Gasteiger partial charge in [-0.3, -0.25) is 4.90 Å². The number of aliphatic hydroxyl groups is 1. The molecule has 0 aliphatic carbocycles. The van der Waals surface area contributed by atoms with Gasteiger partial charge in [0.25, 0.3) is 0 Å². The zero-order valence-electron chi connectivity index (χ0n) is 21.6. The van der Waals surface area contributed by atoms with Crippen LogP contribution in [0.25, 0.3) is 10.9 Å². The molecule has 2 aliphatic heterocycles. The summed E-state index contributed by atoms with van der Waals surface area (Å²) in [5.74, 6) is 1.11. The Morgan fingerprint density at radius 1 is 1.03 bits per heavy atom. The summed E-state index contributed by atoms with van der Waals surface area (Å²) < 4.78 is 2.54. The minimum atomic E-state index is -0.449. The van der Waals surface area contributed by atoms with Gasteiger partial charge in [0, 0.05) is 56.5 Å². The maximum absolute atomic E-state index is 11.1. The van der Waals surface area contributed by atoms with Crippen molar-refractivity contribution in [1.82, 2.24) is 14.5 Å². The minimum absolute atomic E-state index is 0.168. The second-order valence-corrected chi connectivity index (χ2v) is 11.4. The number of hydrogen-bond acceptors (Lipinski definition) is 4. The van der Waals surface area contributed by atoms with Crippen molar-refractivity contribution in [3.63, 3.8) is 0 Å². The van der Waals surface area contributed by atoms with Crippen LogP contribution in [0.5, 0.6) is 0 Å². The lowest BCUT2D eigenvalue weighted by atomic mass is 9.83. The molecule has 4 heterocycles. The molecule has 1 saturated heterocycles. The fourth-order valence-electron chi connectivity index (χ4n) is 5.83. The molecule has 5 heteroatoms. The Morgan fingerprint density at radius 3 is 2.50 bits per heavy atom. The van der Waals surface area contributed by atoms with Crippen molar-refractivity contribution in [2.24, 2.45) is 5.41 Å². The summed E-state index contributed by atoms with van der Waals surface area (Å²) in [6, 6.07) is 8.82. The Labute approximate surface area is 204 Å². The Morgan fingerprint density at radius 2 is 1.79 bits per heavy atom. The molecular weight excluding hydrogens is 420 g/mol. The van der Waals surface area contributed by atoms with Crippen LogP contribution in [-0.4, -0.2) is 52.3 Å². The van der Waals surface area contributed by atoms with Gasteiger partial charge in [0.05, 0.1) is 11.6 Å². The van der Waals surface area contributed by atoms with Gasteiger partial charge in [0.15, 0.2) is 0 Å². The molecule has 1 fully saturated rings. The van der Waals surface area contributed by atoms with Crippen molar-refractivity contribution in [3.05, 3.63) is 58.4 Å². The number of aryl methyl sites for hydroxylation is 3. The maximum atomic E-state index is 11.1. The third-order valence-corrected chi connectivity index (χ3v) is 7.89. The smallest absolute Gasteiger partial charge is 0.128 e. The molecule has 2 aromatic heterocycles. The molecule has 1 N–H and O–H groups in total. The van der Waals surface area contributed by atoms with Crippen LogP contribution in [0.15, 0.2) is 30.5 Å². The maximum Gasteiger partial charge on any atom is 0.128 e. The van der Waals surface area contributed by atoms with Gasteiger partial charge < -0.3 is 14.6 Å². The number of nitrogens with zero attached hydrogens (tertiary/aromatic N) is 4. The molecule has 5 rings (SSSR count). The fourth-order valence-corrected chi connectivity index (χ4v) is 5.83. The largest absolute Gasteiger partial charge is 0.388 e. The zero-order valence-corrected chi connectivity index (χ0v) is 21.6. The highest BCUT2D eigenvalue weighted by Gasteiger charge is 2.28. The quantitative estimate of drug-likeness (QED) is 0.579. The van der Waals surface area contributed by atoms with Gasteiger partial charge in [0.2, 0.25) is 0 Å². The van der Waals surface area contributed by atoms with Crippen molar-refractivity contribution in [2.45, 2.75) is 66.5 Å². The van der Waals surface area contributed by atoms with Crippen molar-refractivity contribution >= 4 is 16.7 Å². The number of anilines is 1. The molecule has 5 nitrogen and oxygen atoms in total. The number of benzene rings is 1. The third kappa shape index (κ3) is 4.36. The summed E-state index contributed by atoms with van der Waals surface area (Å²) in [5.41, 5.74) is 7.90. The molecule has 0 amide bonds. The first-order valence-electron chi connectivity index (χ1n) is 12.9. The number of rotatable bonds is 5. The van der Waals surface area contributed by atoms with Crippen LogP contribution < -0.4 is 4.90 Å². The lowest BCUT2D eigenvalue weighted by molar-refractivity contribution is 0.0627. The summed E-state index contributed by atoms with van der Waals surface area (Å²) in [6.45, 7) is 17.2. The Hall–Kier alpha value is -2.37. The molecule has 182 valence electrons. The average Bonchev–Trinajstić information content (AvgIpc) is 3.09. The first kappa shape index (κ1) is 23.4. The van der Waals surface area contributed by atoms with E-state index in [1.54, 1.807) is 0 Å². The Balaban J connectivity index is 1.35. The van der Waals surface area contributed by atoms with E-state index in [9.17, 15) is 5.11 Å². The predicted molar refractivity (Wildman–Crippen MR) is 141 cm³/mol.